The average molecular weight is 537 g/mol. The maximum atomic E-state index is 13.2. The molecule has 32 heavy (non-hydrogen) atoms. The van der Waals surface area contributed by atoms with Gasteiger partial charge in [-0.3, -0.25) is 0 Å². The molecule has 0 amide bonds. The van der Waals surface area contributed by atoms with Crippen LogP contribution in [0.15, 0.2) is 65.4 Å². The first-order chi connectivity index (χ1) is 15.0. The lowest BCUT2D eigenvalue weighted by Crippen LogP contribution is -3.00. The van der Waals surface area contributed by atoms with Crippen molar-refractivity contribution in [3.05, 3.63) is 80.7 Å². The van der Waals surface area contributed by atoms with Gasteiger partial charge in [0.1, 0.15) is 6.10 Å². The topological polar surface area (TPSA) is 46.5 Å². The van der Waals surface area contributed by atoms with Gasteiger partial charge < -0.3 is 31.3 Å². The quantitative estimate of drug-likeness (QED) is 0.353. The van der Waals surface area contributed by atoms with Crippen LogP contribution in [0, 0.1) is 0 Å². The normalized spacial score (nSPS) is 21.0. The summed E-state index contributed by atoms with van der Waals surface area (Å²) in [6.45, 7) is 3.11. The largest absolute Gasteiger partial charge is 1.00 e. The minimum absolute atomic E-state index is 0. The molecule has 0 radical (unpaired) electrons. The van der Waals surface area contributed by atoms with Crippen LogP contribution in [0.5, 0.6) is 0 Å². The molecule has 3 aromatic rings. The predicted molar refractivity (Wildman–Crippen MR) is 126 cm³/mol. The van der Waals surface area contributed by atoms with Crippen molar-refractivity contribution < 1.29 is 36.1 Å². The fourth-order valence-corrected chi connectivity index (χ4v) is 6.06. The molecule has 172 valence electrons. The van der Waals surface area contributed by atoms with Gasteiger partial charge in [-0.25, -0.2) is 4.79 Å². The Bertz CT molecular complexity index is 918. The number of piperidine rings is 1. The lowest BCUT2D eigenvalue weighted by molar-refractivity contribution is -0.915. The molecule has 3 heterocycles. The lowest BCUT2D eigenvalue weighted by atomic mass is 9.99. The third-order valence-corrected chi connectivity index (χ3v) is 8.27. The second kappa shape index (κ2) is 11.1. The average Bonchev–Trinajstić information content (AvgIpc) is 3.51. The Morgan fingerprint density at radius 3 is 2.16 bits per heavy atom. The van der Waals surface area contributed by atoms with Crippen molar-refractivity contribution in [1.29, 1.82) is 0 Å². The third kappa shape index (κ3) is 5.69. The summed E-state index contributed by atoms with van der Waals surface area (Å²) in [4.78, 5) is 14.4. The number of carbonyl (C=O) groups is 1. The highest BCUT2D eigenvalue weighted by Gasteiger charge is 2.45. The van der Waals surface area contributed by atoms with Gasteiger partial charge in [-0.1, -0.05) is 42.5 Å². The fraction of sp³-hybridized carbons (Fsp3) is 0.400. The number of carbonyl (C=O) groups excluding carboxylic acids is 1. The molecule has 0 unspecified atom stereocenters. The zero-order valence-electron chi connectivity index (χ0n) is 18.3. The van der Waals surface area contributed by atoms with E-state index in [0.29, 0.717) is 9.75 Å². The van der Waals surface area contributed by atoms with E-state index in [1.807, 2.05) is 22.9 Å². The number of hydrogen-bond donors (Lipinski definition) is 1. The minimum Gasteiger partial charge on any atom is -1.00 e. The Balaban J connectivity index is 0.00000289. The Morgan fingerprint density at radius 1 is 1.03 bits per heavy atom. The van der Waals surface area contributed by atoms with E-state index < -0.39 is 11.6 Å². The molecule has 1 N–H and O–H groups in total. The van der Waals surface area contributed by atoms with Crippen molar-refractivity contribution in [2.24, 2.45) is 0 Å². The highest BCUT2D eigenvalue weighted by Crippen LogP contribution is 2.37. The zero-order valence-corrected chi connectivity index (χ0v) is 21.5. The van der Waals surface area contributed by atoms with Crippen molar-refractivity contribution in [2.45, 2.75) is 37.4 Å². The summed E-state index contributed by atoms with van der Waals surface area (Å²) in [5, 5.41) is 15.2. The van der Waals surface area contributed by atoms with E-state index in [0.717, 1.165) is 49.8 Å². The number of ether oxygens (including phenoxy) is 1. The van der Waals surface area contributed by atoms with Crippen molar-refractivity contribution >= 4 is 28.6 Å². The first-order valence-corrected chi connectivity index (χ1v) is 12.6. The predicted octanol–water partition coefficient (Wildman–Crippen LogP) is 1.83. The van der Waals surface area contributed by atoms with Gasteiger partial charge in [0.15, 0.2) is 0 Å². The molecule has 1 aliphatic rings. The van der Waals surface area contributed by atoms with E-state index in [2.05, 4.69) is 37.4 Å². The number of hydrogen-bond acceptors (Lipinski definition) is 5. The molecule has 2 aromatic heterocycles. The number of nitrogens with zero attached hydrogens (tertiary/aromatic N) is 1. The first-order valence-electron chi connectivity index (χ1n) is 10.9. The Hall–Kier alpha value is -1.51. The van der Waals surface area contributed by atoms with Crippen molar-refractivity contribution in [3.63, 3.8) is 0 Å². The fourth-order valence-electron chi connectivity index (χ4n) is 4.35. The molecule has 1 fully saturated rings. The second-order valence-electron chi connectivity index (χ2n) is 8.65. The summed E-state index contributed by atoms with van der Waals surface area (Å²) in [6.07, 6.45) is 3.78. The van der Waals surface area contributed by atoms with E-state index >= 15 is 0 Å². The Labute approximate surface area is 208 Å². The van der Waals surface area contributed by atoms with Crippen LogP contribution >= 0.6 is 22.7 Å². The van der Waals surface area contributed by atoms with E-state index in [-0.39, 0.29) is 23.1 Å². The first kappa shape index (κ1) is 25.1. The van der Waals surface area contributed by atoms with Crippen LogP contribution in [-0.2, 0) is 21.6 Å². The third-order valence-electron chi connectivity index (χ3n) is 6.31. The molecule has 0 bridgehead atoms. The van der Waals surface area contributed by atoms with Crippen LogP contribution in [0.25, 0.3) is 0 Å². The number of aryl methyl sites for hydroxylation is 1. The smallest absolute Gasteiger partial charge is 0.349 e. The highest BCUT2D eigenvalue weighted by atomic mass is 79.9. The van der Waals surface area contributed by atoms with Crippen molar-refractivity contribution in [2.75, 3.05) is 26.7 Å². The summed E-state index contributed by atoms with van der Waals surface area (Å²) in [5.74, 6) is -0.553. The van der Waals surface area contributed by atoms with Crippen LogP contribution in [-0.4, -0.2) is 48.3 Å². The second-order valence-corrected chi connectivity index (χ2v) is 10.5. The van der Waals surface area contributed by atoms with E-state index in [4.69, 9.17) is 4.74 Å². The van der Waals surface area contributed by atoms with Crippen LogP contribution in [0.3, 0.4) is 0 Å². The SMILES string of the molecule is C[N+]1(CCCc2ccccc2)CCC(OC(=O)C(O)(c2cccs2)c2cccs2)CC1.[Br-]. The van der Waals surface area contributed by atoms with Gasteiger partial charge in [0.25, 0.3) is 0 Å². The molecule has 7 heteroatoms. The van der Waals surface area contributed by atoms with Crippen molar-refractivity contribution in [1.82, 2.24) is 0 Å². The van der Waals surface area contributed by atoms with Gasteiger partial charge in [-0.15, -0.1) is 22.7 Å². The number of likely N-dealkylation sites (tertiary alicyclic amines) is 1. The van der Waals surface area contributed by atoms with Gasteiger partial charge in [0.2, 0.25) is 5.60 Å². The van der Waals surface area contributed by atoms with E-state index in [1.54, 1.807) is 12.1 Å². The minimum atomic E-state index is -1.71. The summed E-state index contributed by atoms with van der Waals surface area (Å²) >= 11 is 2.76. The molecule has 0 spiro atoms. The number of aliphatic hydroxyl groups is 1. The number of rotatable bonds is 8. The van der Waals surface area contributed by atoms with Crippen LogP contribution in [0.1, 0.15) is 34.6 Å². The van der Waals surface area contributed by atoms with Crippen LogP contribution in [0.4, 0.5) is 0 Å². The molecule has 4 nitrogen and oxygen atoms in total. The number of halogens is 1. The molecule has 0 aliphatic carbocycles. The number of benzene rings is 1. The van der Waals surface area contributed by atoms with Gasteiger partial charge >= 0.3 is 5.97 Å². The van der Waals surface area contributed by atoms with E-state index in [1.165, 1.54) is 28.2 Å². The summed E-state index contributed by atoms with van der Waals surface area (Å²) in [7, 11) is 2.30. The summed E-state index contributed by atoms with van der Waals surface area (Å²) < 4.78 is 6.90. The van der Waals surface area contributed by atoms with Gasteiger partial charge in [0, 0.05) is 19.3 Å². The zero-order chi connectivity index (χ0) is 21.7. The standard InChI is InChI=1S/C25H30NO3S2.BrH/c1-26(15-5-10-20-8-3-2-4-9-20)16-13-21(14-17-26)29-24(27)25(28,22-11-6-18-30-22)23-12-7-19-31-23;/h2-4,6-9,11-12,18-19,21,28H,5,10,13-17H2,1H3;1H/q+1;/p-1. The molecule has 4 rings (SSSR count). The lowest BCUT2D eigenvalue weighted by Gasteiger charge is -2.41. The summed E-state index contributed by atoms with van der Waals surface area (Å²) in [6, 6.07) is 17.9. The molecule has 0 atom stereocenters. The van der Waals surface area contributed by atoms with Gasteiger partial charge in [-0.05, 0) is 34.9 Å². The van der Waals surface area contributed by atoms with Crippen LogP contribution in [0.2, 0.25) is 0 Å². The number of thiophene rings is 2. The van der Waals surface area contributed by atoms with Gasteiger partial charge in [0.05, 0.1) is 36.4 Å². The molecule has 0 saturated carbocycles. The van der Waals surface area contributed by atoms with Crippen molar-refractivity contribution in [3.8, 4) is 0 Å². The molecule has 1 aliphatic heterocycles. The Kier molecular flexibility index (Phi) is 8.69. The number of esters is 1. The molecule has 1 saturated heterocycles. The summed E-state index contributed by atoms with van der Waals surface area (Å²) in [5.41, 5.74) is -0.326. The van der Waals surface area contributed by atoms with Crippen LogP contribution < -0.4 is 17.0 Å². The van der Waals surface area contributed by atoms with Gasteiger partial charge in [-0.2, -0.15) is 0 Å². The number of quaternary nitrogens is 1. The maximum Gasteiger partial charge on any atom is 0.349 e. The molecular weight excluding hydrogens is 506 g/mol. The molecular formula is C25H30BrNO3S2. The highest BCUT2D eigenvalue weighted by molar-refractivity contribution is 7.12. The maximum absolute atomic E-state index is 13.2. The molecule has 1 aromatic carbocycles. The Morgan fingerprint density at radius 2 is 1.62 bits per heavy atom. The monoisotopic (exact) mass is 535 g/mol. The van der Waals surface area contributed by atoms with E-state index in [9.17, 15) is 9.90 Å².